The van der Waals surface area contributed by atoms with Crippen LogP contribution in [0.15, 0.2) is 47.6 Å². The highest BCUT2D eigenvalue weighted by Crippen LogP contribution is 2.42. The minimum atomic E-state index is -1.12. The van der Waals surface area contributed by atoms with Crippen LogP contribution >= 0.6 is 0 Å². The zero-order chi connectivity index (χ0) is 18.9. The molecule has 6 heteroatoms. The third kappa shape index (κ3) is 2.98. The lowest BCUT2D eigenvalue weighted by atomic mass is 10.0. The van der Waals surface area contributed by atoms with Crippen molar-refractivity contribution in [3.05, 3.63) is 59.2 Å². The molecule has 0 N–H and O–H groups in total. The summed E-state index contributed by atoms with van der Waals surface area (Å²) in [5.41, 5.74) is 1.45. The van der Waals surface area contributed by atoms with E-state index in [0.29, 0.717) is 23.0 Å². The van der Waals surface area contributed by atoms with E-state index in [0.717, 1.165) is 11.1 Å². The highest BCUT2D eigenvalue weighted by molar-refractivity contribution is 5.97. The first-order chi connectivity index (χ1) is 12.4. The van der Waals surface area contributed by atoms with Gasteiger partial charge in [-0.1, -0.05) is 17.7 Å². The van der Waals surface area contributed by atoms with E-state index in [1.54, 1.807) is 33.3 Å². The zero-order valence-corrected chi connectivity index (χ0v) is 15.6. The van der Waals surface area contributed by atoms with Gasteiger partial charge >= 0.3 is 0 Å². The molecule has 1 aliphatic heterocycles. The molecule has 0 saturated carbocycles. The lowest BCUT2D eigenvalue weighted by molar-refractivity contribution is -0.146. The topological polar surface area (TPSA) is 60.4 Å². The van der Waals surface area contributed by atoms with E-state index in [1.807, 2.05) is 37.3 Å². The number of methoxy groups -OCH3 is 2. The fraction of sp³-hybridized carbons (Fsp3) is 0.300. The van der Waals surface area contributed by atoms with Crippen molar-refractivity contribution in [3.8, 4) is 11.5 Å². The molecule has 0 aliphatic carbocycles. The Morgan fingerprint density at radius 3 is 2.54 bits per heavy atom. The Balaban J connectivity index is 2.08. The van der Waals surface area contributed by atoms with Crippen LogP contribution < -0.4 is 9.47 Å². The fourth-order valence-electron chi connectivity index (χ4n) is 3.05. The van der Waals surface area contributed by atoms with Gasteiger partial charge in [-0.05, 0) is 31.2 Å². The first kappa shape index (κ1) is 17.8. The highest BCUT2D eigenvalue weighted by Gasteiger charge is 2.46. The molecule has 1 unspecified atom stereocenters. The molecule has 0 fully saturated rings. The van der Waals surface area contributed by atoms with E-state index in [4.69, 9.17) is 14.2 Å². The molecule has 26 heavy (non-hydrogen) atoms. The molecule has 1 aliphatic rings. The predicted octanol–water partition coefficient (Wildman–Crippen LogP) is 3.43. The molecule has 136 valence electrons. The van der Waals surface area contributed by atoms with Gasteiger partial charge in [-0.15, -0.1) is 5.10 Å². The van der Waals surface area contributed by atoms with Crippen molar-refractivity contribution in [2.24, 2.45) is 5.10 Å². The maximum Gasteiger partial charge on any atom is 0.243 e. The molecule has 0 aromatic heterocycles. The number of carbonyl (C=O) groups is 1. The van der Waals surface area contributed by atoms with E-state index in [1.165, 1.54) is 11.9 Å². The molecule has 0 bridgehead atoms. The number of hydrogen-bond acceptors (Lipinski definition) is 5. The van der Waals surface area contributed by atoms with Gasteiger partial charge in [0.1, 0.15) is 11.5 Å². The van der Waals surface area contributed by atoms with Crippen LogP contribution in [0.25, 0.3) is 0 Å². The smallest absolute Gasteiger partial charge is 0.243 e. The van der Waals surface area contributed by atoms with Crippen molar-refractivity contribution in [3.63, 3.8) is 0 Å². The molecule has 0 spiro atoms. The van der Waals surface area contributed by atoms with E-state index < -0.39 is 5.72 Å². The van der Waals surface area contributed by atoms with Crippen molar-refractivity contribution >= 4 is 11.8 Å². The lowest BCUT2D eigenvalue weighted by Gasteiger charge is -2.32. The molecule has 1 amide bonds. The third-order valence-electron chi connectivity index (χ3n) is 4.36. The van der Waals surface area contributed by atoms with Crippen LogP contribution in [0.5, 0.6) is 11.5 Å². The van der Waals surface area contributed by atoms with Crippen LogP contribution in [0.3, 0.4) is 0 Å². The summed E-state index contributed by atoms with van der Waals surface area (Å²) in [6, 6.07) is 13.2. The average molecular weight is 354 g/mol. The summed E-state index contributed by atoms with van der Waals surface area (Å²) in [6.07, 6.45) is 0. The Bertz CT molecular complexity index is 878. The van der Waals surface area contributed by atoms with Gasteiger partial charge in [-0.25, -0.2) is 0 Å². The Morgan fingerprint density at radius 2 is 1.92 bits per heavy atom. The maximum atomic E-state index is 12.3. The van der Waals surface area contributed by atoms with Gasteiger partial charge in [0.05, 0.1) is 19.8 Å². The monoisotopic (exact) mass is 354 g/mol. The molecular formula is C20H22N2O4. The van der Waals surface area contributed by atoms with Gasteiger partial charge in [0.25, 0.3) is 0 Å². The molecule has 2 aromatic carbocycles. The zero-order valence-electron chi connectivity index (χ0n) is 15.6. The average Bonchev–Trinajstić information content (AvgIpc) is 3.00. The van der Waals surface area contributed by atoms with Crippen LogP contribution in [0.2, 0.25) is 0 Å². The van der Waals surface area contributed by atoms with Gasteiger partial charge < -0.3 is 14.2 Å². The highest BCUT2D eigenvalue weighted by atomic mass is 16.6. The fourth-order valence-corrected chi connectivity index (χ4v) is 3.05. The van der Waals surface area contributed by atoms with Crippen LogP contribution in [-0.2, 0) is 15.3 Å². The van der Waals surface area contributed by atoms with E-state index >= 15 is 0 Å². The molecular weight excluding hydrogens is 332 g/mol. The number of carbonyl (C=O) groups excluding carboxylic acids is 1. The van der Waals surface area contributed by atoms with Crippen LogP contribution in [0.1, 0.15) is 30.5 Å². The molecule has 6 nitrogen and oxygen atoms in total. The standard InChI is InChI=1S/C20H22N2O4/c1-13-7-6-8-15(11-13)19-21-22(14(2)23)20(3,26-19)17-10-9-16(24-4)12-18(17)25-5/h6-12H,1-5H3. The van der Waals surface area contributed by atoms with Crippen LogP contribution in [0.4, 0.5) is 0 Å². The van der Waals surface area contributed by atoms with E-state index in [2.05, 4.69) is 5.10 Å². The molecule has 0 saturated heterocycles. The minimum Gasteiger partial charge on any atom is -0.497 e. The van der Waals surface area contributed by atoms with Crippen molar-refractivity contribution in [1.29, 1.82) is 0 Å². The summed E-state index contributed by atoms with van der Waals surface area (Å²) in [5.74, 6) is 1.37. The Kier molecular flexibility index (Phi) is 4.59. The second kappa shape index (κ2) is 6.71. The van der Waals surface area contributed by atoms with Gasteiger partial charge in [0.2, 0.25) is 17.5 Å². The van der Waals surface area contributed by atoms with Gasteiger partial charge in [-0.2, -0.15) is 5.01 Å². The van der Waals surface area contributed by atoms with Gasteiger partial charge in [0, 0.05) is 25.5 Å². The van der Waals surface area contributed by atoms with E-state index in [-0.39, 0.29) is 5.91 Å². The molecule has 1 atom stereocenters. The Labute approximate surface area is 153 Å². The third-order valence-corrected chi connectivity index (χ3v) is 4.36. The predicted molar refractivity (Wildman–Crippen MR) is 98.2 cm³/mol. The number of benzene rings is 2. The second-order valence-corrected chi connectivity index (χ2v) is 6.26. The molecule has 2 aromatic rings. The second-order valence-electron chi connectivity index (χ2n) is 6.26. The summed E-state index contributed by atoms with van der Waals surface area (Å²) >= 11 is 0. The number of rotatable bonds is 4. The van der Waals surface area contributed by atoms with E-state index in [9.17, 15) is 4.79 Å². The van der Waals surface area contributed by atoms with Crippen LogP contribution in [-0.4, -0.2) is 31.0 Å². The number of amides is 1. The minimum absolute atomic E-state index is 0.229. The Hall–Kier alpha value is -3.02. The van der Waals surface area contributed by atoms with Crippen LogP contribution in [0, 0.1) is 6.92 Å². The van der Waals surface area contributed by atoms with Crippen molar-refractivity contribution in [1.82, 2.24) is 5.01 Å². The molecule has 1 heterocycles. The molecule has 0 radical (unpaired) electrons. The lowest BCUT2D eigenvalue weighted by Crippen LogP contribution is -2.41. The first-order valence-corrected chi connectivity index (χ1v) is 8.27. The summed E-state index contributed by atoms with van der Waals surface area (Å²) in [5, 5.41) is 5.78. The molecule has 3 rings (SSSR count). The Morgan fingerprint density at radius 1 is 1.15 bits per heavy atom. The number of hydrazone groups is 1. The number of nitrogens with zero attached hydrogens (tertiary/aromatic N) is 2. The number of aryl methyl sites for hydroxylation is 1. The van der Waals surface area contributed by atoms with Crippen molar-refractivity contribution < 1.29 is 19.0 Å². The van der Waals surface area contributed by atoms with Crippen molar-refractivity contribution in [2.75, 3.05) is 14.2 Å². The maximum absolute atomic E-state index is 12.3. The van der Waals surface area contributed by atoms with Crippen molar-refractivity contribution in [2.45, 2.75) is 26.5 Å². The largest absolute Gasteiger partial charge is 0.497 e. The normalized spacial score (nSPS) is 19.0. The number of hydrogen-bond donors (Lipinski definition) is 0. The summed E-state index contributed by atoms with van der Waals surface area (Å²) < 4.78 is 17.0. The summed E-state index contributed by atoms with van der Waals surface area (Å²) in [7, 11) is 3.15. The number of ether oxygens (including phenoxy) is 3. The summed E-state index contributed by atoms with van der Waals surface area (Å²) in [6.45, 7) is 5.25. The van der Waals surface area contributed by atoms with Gasteiger partial charge in [-0.3, -0.25) is 4.79 Å². The first-order valence-electron chi connectivity index (χ1n) is 8.27. The SMILES string of the molecule is COc1ccc(C2(C)OC(c3cccc(C)c3)=NN2C(C)=O)c(OC)c1. The quantitative estimate of drug-likeness (QED) is 0.844. The summed E-state index contributed by atoms with van der Waals surface area (Å²) in [4.78, 5) is 12.3. The van der Waals surface area contributed by atoms with Gasteiger partial charge in [0.15, 0.2) is 0 Å².